The molecule has 9 heteroatoms. The van der Waals surface area contributed by atoms with Crippen LogP contribution in [0.15, 0.2) is 55.2 Å². The molecular weight excluding hydrogens is 368 g/mol. The molecule has 5 rings (SSSR count). The third-order valence-electron chi connectivity index (χ3n) is 5.28. The number of carbonyl (C=O) groups is 1. The highest BCUT2D eigenvalue weighted by Crippen LogP contribution is 2.22. The van der Waals surface area contributed by atoms with E-state index < -0.39 is 0 Å². The van der Waals surface area contributed by atoms with Gasteiger partial charge >= 0.3 is 0 Å². The molecule has 1 amide bonds. The van der Waals surface area contributed by atoms with Crippen molar-refractivity contribution in [3.8, 4) is 5.69 Å². The van der Waals surface area contributed by atoms with Crippen molar-refractivity contribution < 1.29 is 4.79 Å². The molecule has 0 unspecified atom stereocenters. The van der Waals surface area contributed by atoms with E-state index in [4.69, 9.17) is 0 Å². The Bertz CT molecular complexity index is 1170. The van der Waals surface area contributed by atoms with Gasteiger partial charge in [-0.1, -0.05) is 18.2 Å². The summed E-state index contributed by atoms with van der Waals surface area (Å²) in [4.78, 5) is 19.4. The summed E-state index contributed by atoms with van der Waals surface area (Å²) in [6.45, 7) is 3.38. The summed E-state index contributed by atoms with van der Waals surface area (Å²) in [5.41, 5.74) is 3.06. The van der Waals surface area contributed by atoms with E-state index in [2.05, 4.69) is 30.5 Å². The molecule has 0 spiro atoms. The van der Waals surface area contributed by atoms with Crippen LogP contribution in [0.3, 0.4) is 0 Å². The van der Waals surface area contributed by atoms with Gasteiger partial charge in [0.1, 0.15) is 6.33 Å². The fourth-order valence-corrected chi connectivity index (χ4v) is 3.76. The molecule has 146 valence electrons. The SMILES string of the molecule is Cc1c(C(=O)N[C@@H]2CCN(c3nccn4cnnc34)C2)cnn1-c1ccccc1. The van der Waals surface area contributed by atoms with Gasteiger partial charge in [0, 0.05) is 31.5 Å². The zero-order valence-corrected chi connectivity index (χ0v) is 15.9. The van der Waals surface area contributed by atoms with Crippen molar-refractivity contribution in [2.75, 3.05) is 18.0 Å². The molecule has 0 aliphatic carbocycles. The molecule has 0 saturated carbocycles. The lowest BCUT2D eigenvalue weighted by atomic mass is 10.2. The van der Waals surface area contributed by atoms with Crippen molar-refractivity contribution in [1.29, 1.82) is 0 Å². The van der Waals surface area contributed by atoms with Gasteiger partial charge in [-0.2, -0.15) is 5.10 Å². The lowest BCUT2D eigenvalue weighted by Crippen LogP contribution is -2.37. The maximum atomic E-state index is 12.9. The molecule has 1 N–H and O–H groups in total. The predicted molar refractivity (Wildman–Crippen MR) is 107 cm³/mol. The van der Waals surface area contributed by atoms with Crippen molar-refractivity contribution in [3.63, 3.8) is 0 Å². The molecule has 0 radical (unpaired) electrons. The van der Waals surface area contributed by atoms with Crippen LogP contribution < -0.4 is 10.2 Å². The van der Waals surface area contributed by atoms with Gasteiger partial charge in [0.2, 0.25) is 5.65 Å². The monoisotopic (exact) mass is 388 g/mol. The summed E-state index contributed by atoms with van der Waals surface area (Å²) in [5, 5.41) is 15.6. The second-order valence-electron chi connectivity index (χ2n) is 7.11. The van der Waals surface area contributed by atoms with Crippen LogP contribution in [0.2, 0.25) is 0 Å². The van der Waals surface area contributed by atoms with Gasteiger partial charge in [-0.15, -0.1) is 10.2 Å². The molecule has 1 aliphatic rings. The van der Waals surface area contributed by atoms with Gasteiger partial charge in [-0.3, -0.25) is 9.20 Å². The van der Waals surface area contributed by atoms with Gasteiger partial charge in [-0.25, -0.2) is 9.67 Å². The zero-order valence-electron chi connectivity index (χ0n) is 15.9. The molecule has 9 nitrogen and oxygen atoms in total. The maximum absolute atomic E-state index is 12.9. The minimum Gasteiger partial charge on any atom is -0.351 e. The first kappa shape index (κ1) is 17.4. The van der Waals surface area contributed by atoms with E-state index in [-0.39, 0.29) is 11.9 Å². The van der Waals surface area contributed by atoms with Gasteiger partial charge in [-0.05, 0) is 25.5 Å². The number of rotatable bonds is 4. The number of aromatic nitrogens is 6. The first-order chi connectivity index (χ1) is 14.2. The average Bonchev–Trinajstić information content (AvgIpc) is 3.47. The normalized spacial score (nSPS) is 16.4. The molecular formula is C20H20N8O. The van der Waals surface area contributed by atoms with Crippen LogP contribution >= 0.6 is 0 Å². The van der Waals surface area contributed by atoms with E-state index in [0.717, 1.165) is 35.8 Å². The van der Waals surface area contributed by atoms with Gasteiger partial charge < -0.3 is 10.2 Å². The van der Waals surface area contributed by atoms with Gasteiger partial charge in [0.05, 0.1) is 23.1 Å². The number of hydrogen-bond donors (Lipinski definition) is 1. The highest BCUT2D eigenvalue weighted by molar-refractivity contribution is 5.95. The Balaban J connectivity index is 1.30. The summed E-state index contributed by atoms with van der Waals surface area (Å²) in [5.74, 6) is 0.681. The van der Waals surface area contributed by atoms with E-state index >= 15 is 0 Å². The lowest BCUT2D eigenvalue weighted by Gasteiger charge is -2.18. The quantitative estimate of drug-likeness (QED) is 0.571. The Morgan fingerprint density at radius 2 is 2.10 bits per heavy atom. The summed E-state index contributed by atoms with van der Waals surface area (Å²) >= 11 is 0. The number of nitrogens with one attached hydrogen (secondary N) is 1. The van der Waals surface area contributed by atoms with Crippen LogP contribution in [0.25, 0.3) is 11.3 Å². The van der Waals surface area contributed by atoms with Crippen molar-refractivity contribution in [2.45, 2.75) is 19.4 Å². The lowest BCUT2D eigenvalue weighted by molar-refractivity contribution is 0.0939. The summed E-state index contributed by atoms with van der Waals surface area (Å²) < 4.78 is 3.63. The van der Waals surface area contributed by atoms with E-state index in [1.54, 1.807) is 23.4 Å². The fraction of sp³-hybridized carbons (Fsp3) is 0.250. The second-order valence-corrected chi connectivity index (χ2v) is 7.11. The Kier molecular flexibility index (Phi) is 4.19. The first-order valence-electron chi connectivity index (χ1n) is 9.51. The van der Waals surface area contributed by atoms with Crippen LogP contribution in [0, 0.1) is 6.92 Å². The van der Waals surface area contributed by atoms with Crippen molar-refractivity contribution in [1.82, 2.24) is 34.7 Å². The molecule has 1 atom stereocenters. The Hall–Kier alpha value is -3.75. The van der Waals surface area contributed by atoms with Crippen molar-refractivity contribution in [2.24, 2.45) is 0 Å². The minimum atomic E-state index is -0.106. The maximum Gasteiger partial charge on any atom is 0.255 e. The third kappa shape index (κ3) is 3.10. The van der Waals surface area contributed by atoms with Gasteiger partial charge in [0.25, 0.3) is 5.91 Å². The third-order valence-corrected chi connectivity index (χ3v) is 5.28. The highest BCUT2D eigenvalue weighted by atomic mass is 16.1. The standard InChI is InChI=1S/C20H20N8O/c1-14-17(11-23-28(14)16-5-3-2-4-6-16)20(29)24-15-7-9-26(12-15)18-19-25-22-13-27(19)10-8-21-18/h2-6,8,10-11,13,15H,7,9,12H2,1H3,(H,24,29)/t15-/m1/s1. The zero-order chi connectivity index (χ0) is 19.8. The van der Waals surface area contributed by atoms with E-state index in [1.165, 1.54) is 0 Å². The van der Waals surface area contributed by atoms with Gasteiger partial charge in [0.15, 0.2) is 5.82 Å². The summed E-state index contributed by atoms with van der Waals surface area (Å²) in [6, 6.07) is 9.83. The van der Waals surface area contributed by atoms with Crippen LogP contribution in [0.5, 0.6) is 0 Å². The number of carbonyl (C=O) groups excluding carboxylic acids is 1. The topological polar surface area (TPSA) is 93.2 Å². The summed E-state index contributed by atoms with van der Waals surface area (Å²) in [6.07, 6.45) is 7.68. The molecule has 4 heterocycles. The number of anilines is 1. The molecule has 1 saturated heterocycles. The number of nitrogens with zero attached hydrogens (tertiary/aromatic N) is 7. The molecule has 4 aromatic rings. The smallest absolute Gasteiger partial charge is 0.255 e. The first-order valence-corrected chi connectivity index (χ1v) is 9.51. The van der Waals surface area contributed by atoms with Crippen molar-refractivity contribution >= 4 is 17.4 Å². The molecule has 1 aromatic carbocycles. The van der Waals surface area contributed by atoms with Crippen LogP contribution in [-0.4, -0.2) is 54.4 Å². The number of para-hydroxylation sites is 1. The molecule has 3 aromatic heterocycles. The minimum absolute atomic E-state index is 0.0342. The predicted octanol–water partition coefficient (Wildman–Crippen LogP) is 1.63. The second kappa shape index (κ2) is 7.01. The average molecular weight is 388 g/mol. The number of hydrogen-bond acceptors (Lipinski definition) is 6. The Morgan fingerprint density at radius 3 is 2.97 bits per heavy atom. The Morgan fingerprint density at radius 1 is 1.24 bits per heavy atom. The van der Waals surface area contributed by atoms with Crippen LogP contribution in [0.4, 0.5) is 5.82 Å². The number of benzene rings is 1. The van der Waals surface area contributed by atoms with E-state index in [1.807, 2.05) is 47.9 Å². The van der Waals surface area contributed by atoms with E-state index in [9.17, 15) is 4.79 Å². The Labute approximate surface area is 167 Å². The molecule has 29 heavy (non-hydrogen) atoms. The molecule has 1 aliphatic heterocycles. The van der Waals surface area contributed by atoms with Crippen LogP contribution in [0.1, 0.15) is 22.5 Å². The number of fused-ring (bicyclic) bond motifs is 1. The molecule has 1 fully saturated rings. The molecule has 0 bridgehead atoms. The fourth-order valence-electron chi connectivity index (χ4n) is 3.76. The highest BCUT2D eigenvalue weighted by Gasteiger charge is 2.28. The summed E-state index contributed by atoms with van der Waals surface area (Å²) in [7, 11) is 0. The largest absolute Gasteiger partial charge is 0.351 e. The van der Waals surface area contributed by atoms with Crippen LogP contribution in [-0.2, 0) is 0 Å². The number of amides is 1. The van der Waals surface area contributed by atoms with E-state index in [0.29, 0.717) is 12.1 Å². The van der Waals surface area contributed by atoms with Crippen molar-refractivity contribution in [3.05, 3.63) is 66.5 Å².